The van der Waals surface area contributed by atoms with Crippen LogP contribution in [0, 0.1) is 0 Å². The van der Waals surface area contributed by atoms with Crippen LogP contribution in [-0.4, -0.2) is 18.8 Å². The molecule has 0 spiro atoms. The summed E-state index contributed by atoms with van der Waals surface area (Å²) in [5.74, 6) is 0.914. The van der Waals surface area contributed by atoms with Gasteiger partial charge >= 0.3 is 0 Å². The van der Waals surface area contributed by atoms with Crippen LogP contribution in [-0.2, 0) is 4.74 Å². The van der Waals surface area contributed by atoms with E-state index < -0.39 is 0 Å². The maximum atomic E-state index is 6.31. The lowest BCUT2D eigenvalue weighted by molar-refractivity contribution is 0.101. The predicted molar refractivity (Wildman–Crippen MR) is 77.3 cm³/mol. The van der Waals surface area contributed by atoms with E-state index in [-0.39, 0.29) is 12.1 Å². The average molecular weight is 263 g/mol. The molecular formula is C16H25NO2. The fourth-order valence-electron chi connectivity index (χ4n) is 2.54. The summed E-state index contributed by atoms with van der Waals surface area (Å²) < 4.78 is 11.5. The van der Waals surface area contributed by atoms with Crippen molar-refractivity contribution >= 4 is 0 Å². The summed E-state index contributed by atoms with van der Waals surface area (Å²) in [5.41, 5.74) is 7.42. The van der Waals surface area contributed by atoms with Crippen LogP contribution < -0.4 is 10.5 Å². The molecule has 1 fully saturated rings. The zero-order valence-corrected chi connectivity index (χ0v) is 12.0. The molecule has 3 heteroatoms. The minimum Gasteiger partial charge on any atom is -0.491 e. The van der Waals surface area contributed by atoms with Gasteiger partial charge in [0.15, 0.2) is 0 Å². The van der Waals surface area contributed by atoms with Gasteiger partial charge in [0.05, 0.1) is 12.2 Å². The van der Waals surface area contributed by atoms with Crippen LogP contribution in [0.4, 0.5) is 0 Å². The highest BCUT2D eigenvalue weighted by Crippen LogP contribution is 2.29. The monoisotopic (exact) mass is 263 g/mol. The predicted octanol–water partition coefficient (Wildman–Crippen LogP) is 3.43. The van der Waals surface area contributed by atoms with Gasteiger partial charge in [-0.15, -0.1) is 0 Å². The molecule has 0 bridgehead atoms. The Labute approximate surface area is 116 Å². The van der Waals surface area contributed by atoms with Gasteiger partial charge in [0.1, 0.15) is 5.75 Å². The Kier molecular flexibility index (Phi) is 5.23. The topological polar surface area (TPSA) is 44.5 Å². The Morgan fingerprint density at radius 1 is 1.37 bits per heavy atom. The van der Waals surface area contributed by atoms with Gasteiger partial charge in [-0.2, -0.15) is 0 Å². The van der Waals surface area contributed by atoms with Crippen molar-refractivity contribution in [3.63, 3.8) is 0 Å². The summed E-state index contributed by atoms with van der Waals surface area (Å²) in [6.45, 7) is 4.98. The van der Waals surface area contributed by atoms with Gasteiger partial charge in [-0.1, -0.05) is 18.2 Å². The lowest BCUT2D eigenvalue weighted by Gasteiger charge is -2.19. The largest absolute Gasteiger partial charge is 0.491 e. The maximum absolute atomic E-state index is 6.31. The first-order chi connectivity index (χ1) is 9.16. The number of nitrogens with two attached hydrogens (primary N) is 1. The van der Waals surface area contributed by atoms with E-state index in [1.165, 1.54) is 12.8 Å². The first-order valence-electron chi connectivity index (χ1n) is 7.29. The molecule has 106 valence electrons. The summed E-state index contributed by atoms with van der Waals surface area (Å²) in [7, 11) is 0. The lowest BCUT2D eigenvalue weighted by atomic mass is 9.99. The van der Waals surface area contributed by atoms with Crippen molar-refractivity contribution in [3.8, 4) is 5.75 Å². The van der Waals surface area contributed by atoms with E-state index in [0.717, 1.165) is 30.8 Å². The summed E-state index contributed by atoms with van der Waals surface area (Å²) in [4.78, 5) is 0. The van der Waals surface area contributed by atoms with Crippen molar-refractivity contribution in [2.24, 2.45) is 5.73 Å². The molecular weight excluding hydrogens is 238 g/mol. The van der Waals surface area contributed by atoms with Gasteiger partial charge in [0, 0.05) is 18.2 Å². The molecule has 2 rings (SSSR count). The third-order valence-electron chi connectivity index (χ3n) is 3.50. The molecule has 1 aliphatic rings. The standard InChI is InChI=1S/C16H25NO2/c1-12(2)19-16-8-4-3-7-14(16)15(17)10-9-13-6-5-11-18-13/h3-4,7-8,12-13,15H,5-6,9-11,17H2,1-2H3. The highest BCUT2D eigenvalue weighted by Gasteiger charge is 2.18. The van der Waals surface area contributed by atoms with Crippen molar-refractivity contribution in [1.82, 2.24) is 0 Å². The van der Waals surface area contributed by atoms with Crippen LogP contribution in [0.5, 0.6) is 5.75 Å². The van der Waals surface area contributed by atoms with Crippen LogP contribution in [0.3, 0.4) is 0 Å². The molecule has 1 aromatic rings. The fourth-order valence-corrected chi connectivity index (χ4v) is 2.54. The normalized spacial score (nSPS) is 20.7. The second-order valence-corrected chi connectivity index (χ2v) is 5.52. The third kappa shape index (κ3) is 4.22. The van der Waals surface area contributed by atoms with E-state index in [0.29, 0.717) is 6.10 Å². The molecule has 0 saturated carbocycles. The second-order valence-electron chi connectivity index (χ2n) is 5.52. The zero-order chi connectivity index (χ0) is 13.7. The van der Waals surface area contributed by atoms with Crippen molar-refractivity contribution in [2.45, 2.75) is 57.8 Å². The minimum atomic E-state index is 0.0270. The van der Waals surface area contributed by atoms with E-state index in [1.807, 2.05) is 32.0 Å². The van der Waals surface area contributed by atoms with Crippen LogP contribution in [0.25, 0.3) is 0 Å². The highest BCUT2D eigenvalue weighted by atomic mass is 16.5. The average Bonchev–Trinajstić information content (AvgIpc) is 2.89. The first-order valence-corrected chi connectivity index (χ1v) is 7.29. The molecule has 0 aromatic heterocycles. The second kappa shape index (κ2) is 6.92. The van der Waals surface area contributed by atoms with E-state index >= 15 is 0 Å². The van der Waals surface area contributed by atoms with Crippen molar-refractivity contribution < 1.29 is 9.47 Å². The molecule has 1 saturated heterocycles. The molecule has 1 aromatic carbocycles. The Hall–Kier alpha value is -1.06. The van der Waals surface area contributed by atoms with Gasteiger partial charge in [-0.05, 0) is 45.6 Å². The number of ether oxygens (including phenoxy) is 2. The number of para-hydroxylation sites is 1. The lowest BCUT2D eigenvalue weighted by Crippen LogP contribution is -2.16. The van der Waals surface area contributed by atoms with Crippen LogP contribution in [0.15, 0.2) is 24.3 Å². The van der Waals surface area contributed by atoms with E-state index in [1.54, 1.807) is 0 Å². The third-order valence-corrected chi connectivity index (χ3v) is 3.50. The molecule has 1 aliphatic heterocycles. The van der Waals surface area contributed by atoms with E-state index in [9.17, 15) is 0 Å². The Morgan fingerprint density at radius 2 is 2.16 bits per heavy atom. The molecule has 0 radical (unpaired) electrons. The van der Waals surface area contributed by atoms with Crippen molar-refractivity contribution in [2.75, 3.05) is 6.61 Å². The maximum Gasteiger partial charge on any atom is 0.124 e. The smallest absolute Gasteiger partial charge is 0.124 e. The van der Waals surface area contributed by atoms with E-state index in [2.05, 4.69) is 6.07 Å². The zero-order valence-electron chi connectivity index (χ0n) is 12.0. The van der Waals surface area contributed by atoms with E-state index in [4.69, 9.17) is 15.2 Å². The molecule has 19 heavy (non-hydrogen) atoms. The van der Waals surface area contributed by atoms with Gasteiger partial charge in [-0.3, -0.25) is 0 Å². The van der Waals surface area contributed by atoms with Gasteiger partial charge in [0.2, 0.25) is 0 Å². The number of rotatable bonds is 6. The highest BCUT2D eigenvalue weighted by molar-refractivity contribution is 5.35. The fraction of sp³-hybridized carbons (Fsp3) is 0.625. The summed E-state index contributed by atoms with van der Waals surface area (Å²) in [5, 5.41) is 0. The van der Waals surface area contributed by atoms with Crippen LogP contribution >= 0.6 is 0 Å². The molecule has 3 nitrogen and oxygen atoms in total. The molecule has 0 aliphatic carbocycles. The molecule has 1 heterocycles. The number of hydrogen-bond acceptors (Lipinski definition) is 3. The Bertz CT molecular complexity index is 386. The summed E-state index contributed by atoms with van der Waals surface area (Å²) >= 11 is 0. The Morgan fingerprint density at radius 3 is 2.84 bits per heavy atom. The molecule has 2 atom stereocenters. The number of benzene rings is 1. The van der Waals surface area contributed by atoms with Crippen molar-refractivity contribution in [3.05, 3.63) is 29.8 Å². The minimum absolute atomic E-state index is 0.0270. The quantitative estimate of drug-likeness (QED) is 0.855. The molecule has 2 N–H and O–H groups in total. The number of hydrogen-bond donors (Lipinski definition) is 1. The Balaban J connectivity index is 1.95. The molecule has 2 unspecified atom stereocenters. The first kappa shape index (κ1) is 14.4. The van der Waals surface area contributed by atoms with Crippen LogP contribution in [0.1, 0.15) is 51.1 Å². The van der Waals surface area contributed by atoms with Crippen molar-refractivity contribution in [1.29, 1.82) is 0 Å². The van der Waals surface area contributed by atoms with Gasteiger partial charge in [-0.25, -0.2) is 0 Å². The van der Waals surface area contributed by atoms with Gasteiger partial charge < -0.3 is 15.2 Å². The van der Waals surface area contributed by atoms with Crippen LogP contribution in [0.2, 0.25) is 0 Å². The summed E-state index contributed by atoms with van der Waals surface area (Å²) in [6, 6.07) is 8.11. The molecule has 0 amide bonds. The van der Waals surface area contributed by atoms with Gasteiger partial charge in [0.25, 0.3) is 0 Å². The summed E-state index contributed by atoms with van der Waals surface area (Å²) in [6.07, 6.45) is 4.93. The SMILES string of the molecule is CC(C)Oc1ccccc1C(N)CCC1CCCO1.